The summed E-state index contributed by atoms with van der Waals surface area (Å²) in [6.07, 6.45) is 0. The molecule has 0 fully saturated rings. The molecule has 0 aliphatic rings. The third-order valence-corrected chi connectivity index (χ3v) is 11.9. The van der Waals surface area contributed by atoms with E-state index < -0.39 is 0 Å². The quantitative estimate of drug-likeness (QED) is 0.135. The maximum Gasteiger partial charge on any atom is 0.146 e. The fourth-order valence-electron chi connectivity index (χ4n) is 9.28. The van der Waals surface area contributed by atoms with Crippen molar-refractivity contribution in [3.05, 3.63) is 194 Å². The minimum atomic E-state index is 0.627. The van der Waals surface area contributed by atoms with Crippen molar-refractivity contribution in [3.8, 4) is 39.4 Å². The van der Waals surface area contributed by atoms with Gasteiger partial charge in [0.15, 0.2) is 0 Å². The average Bonchev–Trinajstić information content (AvgIpc) is 3.67. The molecule has 0 amide bonds. The summed E-state index contributed by atoms with van der Waals surface area (Å²) in [5.74, 6) is 0. The molecule has 12 rings (SSSR count). The first-order chi connectivity index (χ1) is 28.2. The maximum atomic E-state index is 9.91. The second-order valence-corrected chi connectivity index (χ2v) is 15.0. The van der Waals surface area contributed by atoms with Gasteiger partial charge in [0.1, 0.15) is 5.65 Å². The number of para-hydroxylation sites is 2. The number of fused-ring (bicyclic) bond motifs is 12. The lowest BCUT2D eigenvalue weighted by molar-refractivity contribution is 1.31. The van der Waals surface area contributed by atoms with Crippen LogP contribution in [0.25, 0.3) is 115 Å². The predicted octanol–water partition coefficient (Wildman–Crippen LogP) is 14.3. The molecule has 0 N–H and O–H groups in total. The average molecular weight is 722 g/mol. The molecule has 0 aliphatic carbocycles. The summed E-state index contributed by atoms with van der Waals surface area (Å²) in [5, 5.41) is 23.0. The van der Waals surface area contributed by atoms with E-state index in [1.54, 1.807) is 0 Å². The molecule has 262 valence electrons. The molecule has 2 heterocycles. The third-order valence-electron chi connectivity index (χ3n) is 11.9. The Kier molecular flexibility index (Phi) is 6.70. The number of benzene rings is 10. The van der Waals surface area contributed by atoms with Crippen molar-refractivity contribution in [2.24, 2.45) is 0 Å². The van der Waals surface area contributed by atoms with Crippen LogP contribution < -0.4 is 0 Å². The number of aromatic nitrogens is 2. The first kappa shape index (κ1) is 31.5. The summed E-state index contributed by atoms with van der Waals surface area (Å²) < 4.78 is 2.21. The summed E-state index contributed by atoms with van der Waals surface area (Å²) in [5.41, 5.74) is 11.6. The number of rotatable bonds is 3. The van der Waals surface area contributed by atoms with Crippen LogP contribution in [0.2, 0.25) is 0 Å². The van der Waals surface area contributed by atoms with Crippen LogP contribution in [0.5, 0.6) is 0 Å². The minimum absolute atomic E-state index is 0.627. The summed E-state index contributed by atoms with van der Waals surface area (Å²) in [6, 6.07) is 70.2. The van der Waals surface area contributed by atoms with Crippen LogP contribution in [0.4, 0.5) is 0 Å². The van der Waals surface area contributed by atoms with E-state index >= 15 is 0 Å². The lowest BCUT2D eigenvalue weighted by Crippen LogP contribution is -1.94. The van der Waals surface area contributed by atoms with Crippen molar-refractivity contribution in [3.63, 3.8) is 0 Å². The Morgan fingerprint density at radius 1 is 0.368 bits per heavy atom. The Bertz CT molecular complexity index is 3710. The fourth-order valence-corrected chi connectivity index (χ4v) is 9.28. The molecule has 0 atom stereocenters. The van der Waals surface area contributed by atoms with E-state index in [4.69, 9.17) is 4.98 Å². The monoisotopic (exact) mass is 721 g/mol. The molecule has 3 nitrogen and oxygen atoms in total. The molecule has 10 aromatic carbocycles. The Balaban J connectivity index is 1.16. The van der Waals surface area contributed by atoms with Crippen molar-refractivity contribution in [1.29, 1.82) is 5.26 Å². The van der Waals surface area contributed by atoms with Gasteiger partial charge in [0.25, 0.3) is 0 Å². The van der Waals surface area contributed by atoms with Gasteiger partial charge in [-0.2, -0.15) is 5.26 Å². The van der Waals surface area contributed by atoms with E-state index in [0.717, 1.165) is 49.5 Å². The largest absolute Gasteiger partial charge is 0.292 e. The molecular formula is C54H31N3. The number of imidazole rings is 1. The zero-order chi connectivity index (χ0) is 37.6. The Morgan fingerprint density at radius 2 is 0.895 bits per heavy atom. The van der Waals surface area contributed by atoms with Gasteiger partial charge in [0.05, 0.1) is 28.2 Å². The fraction of sp³-hybridized carbons (Fsp3) is 0. The Hall–Kier alpha value is -7.80. The van der Waals surface area contributed by atoms with Gasteiger partial charge in [0, 0.05) is 10.8 Å². The van der Waals surface area contributed by atoms with E-state index in [2.05, 4.69) is 174 Å². The van der Waals surface area contributed by atoms with Crippen LogP contribution in [0.3, 0.4) is 0 Å². The molecule has 3 heteroatoms. The maximum absolute atomic E-state index is 9.91. The molecule has 12 aromatic rings. The third kappa shape index (κ3) is 4.75. The molecule has 0 unspecified atom stereocenters. The number of nitrogens with zero attached hydrogens (tertiary/aromatic N) is 3. The van der Waals surface area contributed by atoms with Crippen molar-refractivity contribution < 1.29 is 0 Å². The highest BCUT2D eigenvalue weighted by molar-refractivity contribution is 6.23. The normalized spacial score (nSPS) is 11.8. The second kappa shape index (κ2) is 12.1. The number of hydrogen-bond acceptors (Lipinski definition) is 2. The van der Waals surface area contributed by atoms with Crippen molar-refractivity contribution in [2.45, 2.75) is 0 Å². The van der Waals surface area contributed by atoms with Gasteiger partial charge in [-0.15, -0.1) is 0 Å². The molecule has 57 heavy (non-hydrogen) atoms. The lowest BCUT2D eigenvalue weighted by atomic mass is 9.84. The van der Waals surface area contributed by atoms with E-state index in [-0.39, 0.29) is 0 Å². The van der Waals surface area contributed by atoms with Crippen LogP contribution in [-0.4, -0.2) is 9.38 Å². The Labute approximate surface area is 327 Å². The van der Waals surface area contributed by atoms with Crippen molar-refractivity contribution >= 4 is 81.4 Å². The highest BCUT2D eigenvalue weighted by atomic mass is 15.0. The number of hydrogen-bond donors (Lipinski definition) is 0. The molecule has 0 radical (unpaired) electrons. The molecule has 0 saturated carbocycles. The molecule has 0 spiro atoms. The van der Waals surface area contributed by atoms with Gasteiger partial charge in [-0.05, 0) is 136 Å². The van der Waals surface area contributed by atoms with Crippen LogP contribution in [0, 0.1) is 11.3 Å². The van der Waals surface area contributed by atoms with Gasteiger partial charge < -0.3 is 0 Å². The second-order valence-electron chi connectivity index (χ2n) is 15.0. The van der Waals surface area contributed by atoms with Crippen LogP contribution >= 0.6 is 0 Å². The smallest absolute Gasteiger partial charge is 0.146 e. The summed E-state index contributed by atoms with van der Waals surface area (Å²) >= 11 is 0. The van der Waals surface area contributed by atoms with Gasteiger partial charge in [-0.25, -0.2) is 4.98 Å². The number of pyridine rings is 1. The molecule has 0 aliphatic heterocycles. The first-order valence-corrected chi connectivity index (χ1v) is 19.3. The van der Waals surface area contributed by atoms with Gasteiger partial charge in [-0.1, -0.05) is 133 Å². The zero-order valence-electron chi connectivity index (χ0n) is 30.7. The van der Waals surface area contributed by atoms with Crippen LogP contribution in [0.1, 0.15) is 5.56 Å². The number of nitriles is 1. The van der Waals surface area contributed by atoms with Gasteiger partial charge >= 0.3 is 0 Å². The highest BCUT2D eigenvalue weighted by Crippen LogP contribution is 2.46. The van der Waals surface area contributed by atoms with E-state index in [9.17, 15) is 5.26 Å². The minimum Gasteiger partial charge on any atom is -0.292 e. The molecule has 2 aromatic heterocycles. The highest BCUT2D eigenvalue weighted by Gasteiger charge is 2.20. The predicted molar refractivity (Wildman–Crippen MR) is 239 cm³/mol. The topological polar surface area (TPSA) is 41.1 Å². The zero-order valence-corrected chi connectivity index (χ0v) is 30.7. The van der Waals surface area contributed by atoms with Crippen LogP contribution in [-0.2, 0) is 0 Å². The van der Waals surface area contributed by atoms with Crippen molar-refractivity contribution in [1.82, 2.24) is 9.38 Å². The Morgan fingerprint density at radius 3 is 1.58 bits per heavy atom. The summed E-state index contributed by atoms with van der Waals surface area (Å²) in [4.78, 5) is 5.13. The molecular weight excluding hydrogens is 691 g/mol. The van der Waals surface area contributed by atoms with Crippen molar-refractivity contribution in [2.75, 3.05) is 0 Å². The standard InChI is InChI=1S/C54H31N3/c55-32-33-17-24-42-47-30-38(23-26-46(47)54-56-49-15-7-8-16-50(49)57(54)51(42)27-33)39-22-25-45-48(31-39)53(41-21-19-35-10-2-4-12-37(35)29-41)44-14-6-5-13-43(44)52(45)40-20-18-34-9-1-3-11-36(34)28-40/h1-31H. The summed E-state index contributed by atoms with van der Waals surface area (Å²) in [7, 11) is 0. The summed E-state index contributed by atoms with van der Waals surface area (Å²) in [6.45, 7) is 0. The first-order valence-electron chi connectivity index (χ1n) is 19.3. The van der Waals surface area contributed by atoms with E-state index in [1.807, 2.05) is 24.3 Å². The SMILES string of the molecule is N#Cc1ccc2c3cc(-c4ccc5c(-c6ccc7ccccc7c6)c6ccccc6c(-c6ccc7ccccc7c6)c5c4)ccc3c3nc4ccccc4n3c2c1. The van der Waals surface area contributed by atoms with Crippen LogP contribution in [0.15, 0.2) is 188 Å². The van der Waals surface area contributed by atoms with Gasteiger partial charge in [-0.3, -0.25) is 4.40 Å². The molecule has 0 bridgehead atoms. The van der Waals surface area contributed by atoms with Gasteiger partial charge in [0.2, 0.25) is 0 Å². The lowest BCUT2D eigenvalue weighted by Gasteiger charge is -2.19. The van der Waals surface area contributed by atoms with E-state index in [0.29, 0.717) is 5.56 Å². The molecule has 0 saturated heterocycles. The van der Waals surface area contributed by atoms with E-state index in [1.165, 1.54) is 65.3 Å².